The molecule has 2 aromatic heterocycles. The second-order valence-corrected chi connectivity index (χ2v) is 4.80. The lowest BCUT2D eigenvalue weighted by Crippen LogP contribution is -2.06. The van der Waals surface area contributed by atoms with Gasteiger partial charge in [-0.25, -0.2) is 4.98 Å². The number of aromatic nitrogens is 2. The molecule has 3 nitrogen and oxygen atoms in total. The Hall–Kier alpha value is -1.42. The predicted molar refractivity (Wildman–Crippen MR) is 60.4 cm³/mol. The third-order valence-corrected chi connectivity index (χ3v) is 3.57. The van der Waals surface area contributed by atoms with Crippen molar-refractivity contribution in [3.63, 3.8) is 0 Å². The average Bonchev–Trinajstić information content (AvgIpc) is 2.74. The molecule has 2 rings (SSSR count). The summed E-state index contributed by atoms with van der Waals surface area (Å²) >= 11 is 1.53. The van der Waals surface area contributed by atoms with Crippen LogP contribution in [0.1, 0.15) is 25.9 Å². The normalized spacial score (nSPS) is 10.6. The highest BCUT2D eigenvalue weighted by molar-refractivity contribution is 7.14. The summed E-state index contributed by atoms with van der Waals surface area (Å²) in [6.45, 7) is 4.04. The first kappa shape index (κ1) is 10.1. The number of hydrogen-bond acceptors (Lipinski definition) is 3. The molecular formula is C11H12N2OS. The molecule has 15 heavy (non-hydrogen) atoms. The number of thiophene rings is 1. The van der Waals surface area contributed by atoms with Crippen LogP contribution in [0.15, 0.2) is 18.5 Å². The van der Waals surface area contributed by atoms with Crippen molar-refractivity contribution in [3.8, 4) is 0 Å². The van der Waals surface area contributed by atoms with Crippen molar-refractivity contribution < 1.29 is 4.79 Å². The Bertz CT molecular complexity index is 491. The quantitative estimate of drug-likeness (QED) is 0.728. The summed E-state index contributed by atoms with van der Waals surface area (Å²) < 4.78 is 1.74. The maximum Gasteiger partial charge on any atom is 0.238 e. The average molecular weight is 220 g/mol. The molecule has 2 heterocycles. The fourth-order valence-electron chi connectivity index (χ4n) is 1.38. The molecule has 0 N–H and O–H groups in total. The van der Waals surface area contributed by atoms with E-state index < -0.39 is 0 Å². The zero-order valence-corrected chi connectivity index (χ0v) is 9.76. The summed E-state index contributed by atoms with van der Waals surface area (Å²) in [5, 5.41) is 0. The van der Waals surface area contributed by atoms with Gasteiger partial charge >= 0.3 is 0 Å². The number of nitrogens with zero attached hydrogens (tertiary/aromatic N) is 2. The van der Waals surface area contributed by atoms with Crippen molar-refractivity contribution in [1.82, 2.24) is 9.55 Å². The topological polar surface area (TPSA) is 34.9 Å². The highest BCUT2D eigenvalue weighted by Gasteiger charge is 2.16. The standard InChI is InChI=1S/C11H12N2OS/c1-7-6-9(15-8(7)2)10(14)11-12-4-5-13(11)3/h4-6H,1-3H3. The van der Waals surface area contributed by atoms with Gasteiger partial charge in [0.05, 0.1) is 4.88 Å². The van der Waals surface area contributed by atoms with Gasteiger partial charge in [-0.15, -0.1) is 11.3 Å². The molecule has 0 saturated heterocycles. The summed E-state index contributed by atoms with van der Waals surface area (Å²) in [7, 11) is 1.83. The van der Waals surface area contributed by atoms with Gasteiger partial charge in [-0.2, -0.15) is 0 Å². The number of aryl methyl sites for hydroxylation is 3. The highest BCUT2D eigenvalue weighted by atomic mass is 32.1. The van der Waals surface area contributed by atoms with Crippen molar-refractivity contribution in [1.29, 1.82) is 0 Å². The van der Waals surface area contributed by atoms with E-state index >= 15 is 0 Å². The molecule has 0 aliphatic rings. The van der Waals surface area contributed by atoms with Gasteiger partial charge in [0.1, 0.15) is 0 Å². The third-order valence-electron chi connectivity index (χ3n) is 2.41. The smallest absolute Gasteiger partial charge is 0.238 e. The molecule has 0 radical (unpaired) electrons. The van der Waals surface area contributed by atoms with E-state index in [4.69, 9.17) is 0 Å². The molecule has 4 heteroatoms. The third kappa shape index (κ3) is 1.72. The van der Waals surface area contributed by atoms with Crippen LogP contribution in [0.2, 0.25) is 0 Å². The summed E-state index contributed by atoms with van der Waals surface area (Å²) in [6, 6.07) is 1.93. The lowest BCUT2D eigenvalue weighted by atomic mass is 10.2. The van der Waals surface area contributed by atoms with Crippen molar-refractivity contribution in [2.45, 2.75) is 13.8 Å². The van der Waals surface area contributed by atoms with Gasteiger partial charge in [0.2, 0.25) is 5.78 Å². The molecule has 0 amide bonds. The minimum Gasteiger partial charge on any atom is -0.331 e. The minimum absolute atomic E-state index is 0.00343. The minimum atomic E-state index is 0.00343. The second kappa shape index (κ2) is 3.62. The van der Waals surface area contributed by atoms with Crippen molar-refractivity contribution in [3.05, 3.63) is 39.6 Å². The molecule has 0 unspecified atom stereocenters. The van der Waals surface area contributed by atoms with E-state index in [0.29, 0.717) is 5.82 Å². The molecule has 0 aliphatic carbocycles. The molecule has 0 spiro atoms. The molecule has 2 aromatic rings. The van der Waals surface area contributed by atoms with Crippen LogP contribution in [-0.4, -0.2) is 15.3 Å². The van der Waals surface area contributed by atoms with Gasteiger partial charge in [0.15, 0.2) is 5.82 Å². The van der Waals surface area contributed by atoms with Gasteiger partial charge in [-0.05, 0) is 25.5 Å². The Kier molecular flexibility index (Phi) is 2.44. The SMILES string of the molecule is Cc1cc(C(=O)c2nccn2C)sc1C. The van der Waals surface area contributed by atoms with Crippen LogP contribution in [0.5, 0.6) is 0 Å². The van der Waals surface area contributed by atoms with Crippen molar-refractivity contribution >= 4 is 17.1 Å². The molecule has 0 atom stereocenters. The summed E-state index contributed by atoms with van der Waals surface area (Å²) in [5.74, 6) is 0.500. The highest BCUT2D eigenvalue weighted by Crippen LogP contribution is 2.22. The van der Waals surface area contributed by atoms with E-state index in [0.717, 1.165) is 10.4 Å². The van der Waals surface area contributed by atoms with E-state index in [1.165, 1.54) is 16.2 Å². The Morgan fingerprint density at radius 1 is 1.47 bits per heavy atom. The van der Waals surface area contributed by atoms with Crippen molar-refractivity contribution in [2.75, 3.05) is 0 Å². The van der Waals surface area contributed by atoms with Crippen LogP contribution >= 0.6 is 11.3 Å². The van der Waals surface area contributed by atoms with Crippen LogP contribution in [0.25, 0.3) is 0 Å². The van der Waals surface area contributed by atoms with E-state index in [9.17, 15) is 4.79 Å². The van der Waals surface area contributed by atoms with Gasteiger partial charge < -0.3 is 4.57 Å². The maximum atomic E-state index is 12.0. The zero-order valence-electron chi connectivity index (χ0n) is 8.94. The van der Waals surface area contributed by atoms with Crippen LogP contribution < -0.4 is 0 Å². The molecule has 0 bridgehead atoms. The fraction of sp³-hybridized carbons (Fsp3) is 0.273. The summed E-state index contributed by atoms with van der Waals surface area (Å²) in [6.07, 6.45) is 3.42. The fourth-order valence-corrected chi connectivity index (χ4v) is 2.35. The Morgan fingerprint density at radius 2 is 2.20 bits per heavy atom. The number of imidazole rings is 1. The number of rotatable bonds is 2. The molecule has 0 fully saturated rings. The van der Waals surface area contributed by atoms with E-state index in [1.54, 1.807) is 17.0 Å². The lowest BCUT2D eigenvalue weighted by Gasteiger charge is -1.97. The van der Waals surface area contributed by atoms with Crippen LogP contribution in [0, 0.1) is 13.8 Å². The largest absolute Gasteiger partial charge is 0.331 e. The molecule has 78 valence electrons. The summed E-state index contributed by atoms with van der Waals surface area (Å²) in [4.78, 5) is 18.0. The van der Waals surface area contributed by atoms with Gasteiger partial charge in [0, 0.05) is 24.3 Å². The van der Waals surface area contributed by atoms with E-state index in [-0.39, 0.29) is 5.78 Å². The van der Waals surface area contributed by atoms with Gasteiger partial charge in [0.25, 0.3) is 0 Å². The first-order valence-corrected chi connectivity index (χ1v) is 5.50. The first-order chi connectivity index (χ1) is 7.09. The molecular weight excluding hydrogens is 208 g/mol. The van der Waals surface area contributed by atoms with E-state index in [2.05, 4.69) is 4.98 Å². The predicted octanol–water partition coefficient (Wildman–Crippen LogP) is 2.33. The maximum absolute atomic E-state index is 12.0. The lowest BCUT2D eigenvalue weighted by molar-refractivity contribution is 0.103. The van der Waals surface area contributed by atoms with Crippen LogP contribution in [0.3, 0.4) is 0 Å². The Morgan fingerprint density at radius 3 is 2.67 bits per heavy atom. The monoisotopic (exact) mass is 220 g/mol. The molecule has 0 aliphatic heterocycles. The Balaban J connectivity index is 2.41. The number of ketones is 1. The Labute approximate surface area is 92.4 Å². The van der Waals surface area contributed by atoms with E-state index in [1.807, 2.05) is 27.0 Å². The number of carbonyl (C=O) groups excluding carboxylic acids is 1. The number of carbonyl (C=O) groups is 1. The van der Waals surface area contributed by atoms with Gasteiger partial charge in [-0.3, -0.25) is 4.79 Å². The number of hydrogen-bond donors (Lipinski definition) is 0. The van der Waals surface area contributed by atoms with Crippen molar-refractivity contribution in [2.24, 2.45) is 7.05 Å². The van der Waals surface area contributed by atoms with Crippen LogP contribution in [-0.2, 0) is 7.05 Å². The summed E-state index contributed by atoms with van der Waals surface area (Å²) in [5.41, 5.74) is 1.16. The van der Waals surface area contributed by atoms with Crippen LogP contribution in [0.4, 0.5) is 0 Å². The second-order valence-electron chi connectivity index (χ2n) is 3.54. The van der Waals surface area contributed by atoms with Gasteiger partial charge in [-0.1, -0.05) is 0 Å². The molecule has 0 aromatic carbocycles. The first-order valence-electron chi connectivity index (χ1n) is 4.68. The zero-order chi connectivity index (χ0) is 11.0. The molecule has 0 saturated carbocycles.